The number of aryl methyl sites for hydroxylation is 2. The van der Waals surface area contributed by atoms with Gasteiger partial charge in [0.1, 0.15) is 5.75 Å². The first-order valence-electron chi connectivity index (χ1n) is 19.3. The van der Waals surface area contributed by atoms with Gasteiger partial charge in [-0.2, -0.15) is 0 Å². The number of nitrogens with one attached hydrogen (secondary N) is 2. The number of anilines is 2. The molecular weight excluding hydrogens is 652 g/mol. The number of amides is 4. The highest BCUT2D eigenvalue weighted by molar-refractivity contribution is 5.91. The number of hydrogen-bond acceptors (Lipinski definition) is 4. The van der Waals surface area contributed by atoms with Crippen LogP contribution in [-0.4, -0.2) is 58.2 Å². The number of carbonyl (C=O) groups is 3. The quantitative estimate of drug-likeness (QED) is 0.0897. The third kappa shape index (κ3) is 13.5. The van der Waals surface area contributed by atoms with Gasteiger partial charge in [-0.05, 0) is 82.0 Å². The number of rotatable bonds is 22. The summed E-state index contributed by atoms with van der Waals surface area (Å²) < 4.78 is 6.11. The Morgan fingerprint density at radius 2 is 1.23 bits per heavy atom. The molecule has 4 amide bonds. The van der Waals surface area contributed by atoms with E-state index >= 15 is 0 Å². The number of aliphatic carboxylic acids is 1. The van der Waals surface area contributed by atoms with Crippen molar-refractivity contribution in [2.75, 3.05) is 30.3 Å². The Hall–Kier alpha value is -4.53. The summed E-state index contributed by atoms with van der Waals surface area (Å²) in [6.45, 7) is 12.9. The summed E-state index contributed by atoms with van der Waals surface area (Å²) in [6.07, 6.45) is 10.5. The molecule has 0 fully saturated rings. The van der Waals surface area contributed by atoms with E-state index in [1.807, 2.05) is 90.4 Å². The van der Waals surface area contributed by atoms with Crippen LogP contribution < -0.4 is 15.4 Å². The summed E-state index contributed by atoms with van der Waals surface area (Å²) in [5.74, 6) is -0.656. The summed E-state index contributed by atoms with van der Waals surface area (Å²) in [5.41, 5.74) is 2.92. The van der Waals surface area contributed by atoms with Crippen molar-refractivity contribution in [3.63, 3.8) is 0 Å². The molecule has 0 radical (unpaired) electrons. The van der Waals surface area contributed by atoms with E-state index in [1.165, 1.54) is 0 Å². The lowest BCUT2D eigenvalue weighted by Gasteiger charge is -2.36. The van der Waals surface area contributed by atoms with Crippen molar-refractivity contribution < 1.29 is 24.2 Å². The summed E-state index contributed by atoms with van der Waals surface area (Å²) in [4.78, 5) is 44.3. The second kappa shape index (κ2) is 21.7. The Bertz CT molecular complexity index is 1530. The number of hydrogen-bond donors (Lipinski definition) is 3. The molecule has 0 aliphatic carbocycles. The largest absolute Gasteiger partial charge is 0.478 e. The maximum Gasteiger partial charge on any atom is 0.347 e. The van der Waals surface area contributed by atoms with E-state index in [9.17, 15) is 19.5 Å². The van der Waals surface area contributed by atoms with E-state index in [4.69, 9.17) is 4.74 Å². The van der Waals surface area contributed by atoms with E-state index in [-0.39, 0.29) is 25.0 Å². The van der Waals surface area contributed by atoms with Crippen molar-refractivity contribution in [1.82, 2.24) is 9.80 Å². The Labute approximate surface area is 312 Å². The Morgan fingerprint density at radius 1 is 0.712 bits per heavy atom. The highest BCUT2D eigenvalue weighted by Crippen LogP contribution is 2.30. The van der Waals surface area contributed by atoms with Crippen LogP contribution in [0.5, 0.6) is 5.75 Å². The maximum absolute atomic E-state index is 14.4. The highest BCUT2D eigenvalue weighted by atomic mass is 16.5. The minimum atomic E-state index is -1.42. The third-order valence-corrected chi connectivity index (χ3v) is 9.67. The van der Waals surface area contributed by atoms with Gasteiger partial charge in [-0.25, -0.2) is 14.4 Å². The van der Waals surface area contributed by atoms with Crippen molar-refractivity contribution in [3.05, 3.63) is 89.5 Å². The average molecular weight is 715 g/mol. The molecule has 284 valence electrons. The molecule has 0 spiro atoms. The molecule has 3 rings (SSSR count). The first kappa shape index (κ1) is 41.9. The fourth-order valence-electron chi connectivity index (χ4n) is 6.04. The molecule has 52 heavy (non-hydrogen) atoms. The summed E-state index contributed by atoms with van der Waals surface area (Å²) in [5, 5.41) is 16.2. The fourth-order valence-corrected chi connectivity index (χ4v) is 6.04. The number of ether oxygens (including phenoxy) is 1. The number of benzene rings is 3. The zero-order valence-corrected chi connectivity index (χ0v) is 32.4. The lowest BCUT2D eigenvalue weighted by Crippen LogP contribution is -2.46. The molecule has 9 heteroatoms. The van der Waals surface area contributed by atoms with Crippen LogP contribution in [0.25, 0.3) is 0 Å². The molecule has 3 N–H and O–H groups in total. The van der Waals surface area contributed by atoms with Gasteiger partial charge >= 0.3 is 18.0 Å². The molecule has 0 aromatic heterocycles. The smallest absolute Gasteiger partial charge is 0.347 e. The minimum absolute atomic E-state index is 0.231. The van der Waals surface area contributed by atoms with Gasteiger partial charge in [-0.3, -0.25) is 0 Å². The van der Waals surface area contributed by atoms with Crippen molar-refractivity contribution in [1.29, 1.82) is 0 Å². The number of nitrogens with zero attached hydrogens (tertiary/aromatic N) is 2. The summed E-state index contributed by atoms with van der Waals surface area (Å²) in [6, 6.07) is 21.7. The molecule has 3 aromatic carbocycles. The SMILES string of the molecule is CCCCCCCN(CC(c1cccc(OC(C)(CC)C(=O)O)c1)N(CCCCCCC)C(=O)Nc1ccc(C)cc1)C(=O)Nc1ccc(C)cc1. The van der Waals surface area contributed by atoms with E-state index in [0.717, 1.165) is 80.9 Å². The molecule has 3 aromatic rings. The van der Waals surface area contributed by atoms with Crippen LogP contribution in [0.4, 0.5) is 21.0 Å². The van der Waals surface area contributed by atoms with Crippen LogP contribution in [0.1, 0.15) is 121 Å². The monoisotopic (exact) mass is 714 g/mol. The van der Waals surface area contributed by atoms with Crippen LogP contribution in [0.3, 0.4) is 0 Å². The van der Waals surface area contributed by atoms with Gasteiger partial charge in [0.25, 0.3) is 0 Å². The molecule has 2 atom stereocenters. The molecule has 0 bridgehead atoms. The zero-order valence-electron chi connectivity index (χ0n) is 32.4. The number of carboxylic acids is 1. The normalized spacial score (nSPS) is 12.7. The Morgan fingerprint density at radius 3 is 1.75 bits per heavy atom. The molecular formula is C43H62N4O5. The van der Waals surface area contributed by atoms with E-state index < -0.39 is 17.6 Å². The number of carbonyl (C=O) groups excluding carboxylic acids is 2. The van der Waals surface area contributed by atoms with Crippen molar-refractivity contribution in [2.24, 2.45) is 0 Å². The van der Waals surface area contributed by atoms with E-state index in [0.29, 0.717) is 30.2 Å². The van der Waals surface area contributed by atoms with Crippen molar-refractivity contribution in [3.8, 4) is 5.75 Å². The van der Waals surface area contributed by atoms with Crippen LogP contribution in [-0.2, 0) is 4.79 Å². The van der Waals surface area contributed by atoms with Gasteiger partial charge in [-0.1, -0.05) is 120 Å². The first-order valence-corrected chi connectivity index (χ1v) is 19.3. The van der Waals surface area contributed by atoms with Crippen LogP contribution in [0.2, 0.25) is 0 Å². The average Bonchev–Trinajstić information content (AvgIpc) is 3.13. The predicted octanol–water partition coefficient (Wildman–Crippen LogP) is 11.0. The first-order chi connectivity index (χ1) is 25.0. The van der Waals surface area contributed by atoms with Gasteiger partial charge in [0.2, 0.25) is 5.60 Å². The maximum atomic E-state index is 14.4. The van der Waals surface area contributed by atoms with Crippen LogP contribution in [0, 0.1) is 13.8 Å². The van der Waals surface area contributed by atoms with Crippen LogP contribution in [0.15, 0.2) is 72.8 Å². The van der Waals surface area contributed by atoms with Gasteiger partial charge in [0, 0.05) is 31.0 Å². The van der Waals surface area contributed by atoms with E-state index in [1.54, 1.807) is 19.9 Å². The highest BCUT2D eigenvalue weighted by Gasteiger charge is 2.34. The second-order valence-electron chi connectivity index (χ2n) is 14.1. The van der Waals surface area contributed by atoms with Gasteiger partial charge in [-0.15, -0.1) is 0 Å². The van der Waals surface area contributed by atoms with Gasteiger partial charge < -0.3 is 30.3 Å². The lowest BCUT2D eigenvalue weighted by molar-refractivity contribution is -0.154. The Kier molecular flexibility index (Phi) is 17.5. The second-order valence-corrected chi connectivity index (χ2v) is 14.1. The lowest BCUT2D eigenvalue weighted by atomic mass is 10.0. The van der Waals surface area contributed by atoms with Crippen molar-refractivity contribution in [2.45, 2.75) is 124 Å². The molecule has 0 saturated heterocycles. The third-order valence-electron chi connectivity index (χ3n) is 9.67. The summed E-state index contributed by atoms with van der Waals surface area (Å²) in [7, 11) is 0. The van der Waals surface area contributed by atoms with E-state index in [2.05, 4.69) is 24.5 Å². The predicted molar refractivity (Wildman–Crippen MR) is 212 cm³/mol. The Balaban J connectivity index is 2.08. The molecule has 0 aliphatic rings. The van der Waals surface area contributed by atoms with Crippen LogP contribution >= 0.6 is 0 Å². The molecule has 0 aliphatic heterocycles. The fraction of sp³-hybridized carbons (Fsp3) is 0.512. The molecule has 0 saturated carbocycles. The number of urea groups is 2. The van der Waals surface area contributed by atoms with Crippen molar-refractivity contribution >= 4 is 29.4 Å². The standard InChI is InChI=1S/C43H62N4O5/c1-7-10-12-14-16-29-46(41(50)44-36-25-21-33(4)22-26-36)32-39(35-19-18-20-38(31-35)52-43(6,9-3)40(48)49)47(30-17-15-13-11-8-2)42(51)45-37-27-23-34(5)24-28-37/h18-28,31,39H,7-17,29-30,32H2,1-6H3,(H,44,50)(H,45,51)(H,48,49). The zero-order chi connectivity index (χ0) is 37.9. The number of unbranched alkanes of at least 4 members (excludes halogenated alkanes) is 8. The number of carboxylic acid groups (broad SMARTS) is 1. The van der Waals surface area contributed by atoms with Gasteiger partial charge in [0.15, 0.2) is 0 Å². The molecule has 2 unspecified atom stereocenters. The molecule has 9 nitrogen and oxygen atoms in total. The topological polar surface area (TPSA) is 111 Å². The minimum Gasteiger partial charge on any atom is -0.478 e. The summed E-state index contributed by atoms with van der Waals surface area (Å²) >= 11 is 0. The van der Waals surface area contributed by atoms with Gasteiger partial charge in [0.05, 0.1) is 6.04 Å². The molecule has 0 heterocycles.